The molecule has 0 radical (unpaired) electrons. The number of methoxy groups -OCH3 is 4. The molecule has 0 aliphatic heterocycles. The monoisotopic (exact) mass is 360 g/mol. The van der Waals surface area contributed by atoms with Gasteiger partial charge in [0, 0.05) is 11.6 Å². The molecule has 0 amide bonds. The van der Waals surface area contributed by atoms with Crippen molar-refractivity contribution in [1.29, 1.82) is 0 Å². The lowest BCUT2D eigenvalue weighted by Crippen LogP contribution is -2.15. The second kappa shape index (κ2) is 8.61. The van der Waals surface area contributed by atoms with E-state index in [0.717, 1.165) is 0 Å². The maximum Gasteiger partial charge on any atom is 0.366 e. The van der Waals surface area contributed by atoms with Crippen molar-refractivity contribution in [2.75, 3.05) is 28.4 Å². The van der Waals surface area contributed by atoms with E-state index in [2.05, 4.69) is 5.16 Å². The molecular weight excluding hydrogens is 340 g/mol. The van der Waals surface area contributed by atoms with Gasteiger partial charge in [0.2, 0.25) is 0 Å². The quantitative estimate of drug-likeness (QED) is 0.349. The number of oxime groups is 1. The van der Waals surface area contributed by atoms with Crippen LogP contribution in [-0.2, 0) is 4.84 Å². The molecule has 0 atom stereocenters. The zero-order chi connectivity index (χ0) is 19.1. The van der Waals surface area contributed by atoms with E-state index in [-0.39, 0.29) is 11.4 Å². The molecule has 138 valence electrons. The normalized spacial score (nSPS) is 10.8. The van der Waals surface area contributed by atoms with Crippen LogP contribution >= 0.6 is 0 Å². The number of ether oxygens (including phenoxy) is 4. The van der Waals surface area contributed by atoms with Crippen molar-refractivity contribution in [3.8, 4) is 23.0 Å². The van der Waals surface area contributed by atoms with Gasteiger partial charge in [0.15, 0.2) is 17.3 Å². The lowest BCUT2D eigenvalue weighted by Gasteiger charge is -2.09. The van der Waals surface area contributed by atoms with Crippen LogP contribution in [0, 0.1) is 0 Å². The Morgan fingerprint density at radius 3 is 1.96 bits per heavy atom. The standard InChI is InChI=1S/C18H20N2O6/c1-22-13-7-12(8-14(10-13)23-2)18(21)26-20-17(19)11-5-6-15(24-3)16(9-11)25-4/h5-10H,1-4H3,(H2,19,20). The predicted octanol–water partition coefficient (Wildman–Crippen LogP) is 2.20. The largest absolute Gasteiger partial charge is 0.497 e. The number of nitrogens with zero attached hydrogens (tertiary/aromatic N) is 1. The van der Waals surface area contributed by atoms with E-state index >= 15 is 0 Å². The molecule has 2 aromatic rings. The molecule has 26 heavy (non-hydrogen) atoms. The summed E-state index contributed by atoms with van der Waals surface area (Å²) < 4.78 is 20.6. The topological polar surface area (TPSA) is 102 Å². The molecule has 0 aliphatic carbocycles. The molecule has 0 bridgehead atoms. The fraction of sp³-hybridized carbons (Fsp3) is 0.222. The first kappa shape index (κ1) is 18.9. The highest BCUT2D eigenvalue weighted by molar-refractivity contribution is 5.98. The first-order chi connectivity index (χ1) is 12.5. The van der Waals surface area contributed by atoms with Crippen LogP contribution in [0.2, 0.25) is 0 Å². The summed E-state index contributed by atoms with van der Waals surface area (Å²) in [5.74, 6) is 1.23. The molecule has 0 aliphatic rings. The number of rotatable bonds is 7. The summed E-state index contributed by atoms with van der Waals surface area (Å²) in [5, 5.41) is 3.68. The number of carbonyl (C=O) groups excluding carboxylic acids is 1. The van der Waals surface area contributed by atoms with Crippen LogP contribution in [0.5, 0.6) is 23.0 Å². The highest BCUT2D eigenvalue weighted by atomic mass is 16.7. The lowest BCUT2D eigenvalue weighted by molar-refractivity contribution is 0.0515. The van der Waals surface area contributed by atoms with Gasteiger partial charge in [0.1, 0.15) is 11.5 Å². The Morgan fingerprint density at radius 1 is 0.808 bits per heavy atom. The SMILES string of the molecule is COc1cc(OC)cc(C(=O)O/N=C(\N)c2ccc(OC)c(OC)c2)c1. The minimum atomic E-state index is -0.703. The summed E-state index contributed by atoms with van der Waals surface area (Å²) in [5.41, 5.74) is 6.60. The summed E-state index contributed by atoms with van der Waals surface area (Å²) in [7, 11) is 6.00. The first-order valence-electron chi connectivity index (χ1n) is 7.52. The molecule has 0 unspecified atom stereocenters. The average Bonchev–Trinajstić information content (AvgIpc) is 2.70. The van der Waals surface area contributed by atoms with Gasteiger partial charge >= 0.3 is 5.97 Å². The Balaban J connectivity index is 2.19. The number of benzene rings is 2. The maximum atomic E-state index is 12.2. The lowest BCUT2D eigenvalue weighted by atomic mass is 10.2. The van der Waals surface area contributed by atoms with Crippen molar-refractivity contribution in [3.63, 3.8) is 0 Å². The molecule has 2 N–H and O–H groups in total. The van der Waals surface area contributed by atoms with E-state index in [1.165, 1.54) is 40.6 Å². The van der Waals surface area contributed by atoms with Crippen molar-refractivity contribution in [3.05, 3.63) is 47.5 Å². The predicted molar refractivity (Wildman–Crippen MR) is 95.2 cm³/mol. The van der Waals surface area contributed by atoms with Crippen LogP contribution in [0.15, 0.2) is 41.6 Å². The van der Waals surface area contributed by atoms with Crippen molar-refractivity contribution in [1.82, 2.24) is 0 Å². The molecule has 0 saturated carbocycles. The van der Waals surface area contributed by atoms with Gasteiger partial charge in [-0.3, -0.25) is 0 Å². The highest BCUT2D eigenvalue weighted by Crippen LogP contribution is 2.27. The number of nitrogens with two attached hydrogens (primary N) is 1. The van der Waals surface area contributed by atoms with Crippen LogP contribution in [-0.4, -0.2) is 40.2 Å². The van der Waals surface area contributed by atoms with E-state index in [9.17, 15) is 4.79 Å². The van der Waals surface area contributed by atoms with Gasteiger partial charge in [-0.05, 0) is 30.3 Å². The van der Waals surface area contributed by atoms with E-state index in [4.69, 9.17) is 29.5 Å². The van der Waals surface area contributed by atoms with E-state index in [0.29, 0.717) is 28.6 Å². The molecule has 0 heterocycles. The smallest absolute Gasteiger partial charge is 0.366 e. The Bertz CT molecular complexity index is 797. The van der Waals surface area contributed by atoms with Crippen molar-refractivity contribution in [2.45, 2.75) is 0 Å². The van der Waals surface area contributed by atoms with Crippen molar-refractivity contribution >= 4 is 11.8 Å². The molecule has 0 fully saturated rings. The minimum absolute atomic E-state index is 0.00849. The molecule has 0 saturated heterocycles. The minimum Gasteiger partial charge on any atom is -0.497 e. The van der Waals surface area contributed by atoms with Crippen LogP contribution in [0.25, 0.3) is 0 Å². The number of hydrogen-bond donors (Lipinski definition) is 1. The summed E-state index contributed by atoms with van der Waals surface area (Å²) in [6.45, 7) is 0. The third-order valence-electron chi connectivity index (χ3n) is 3.49. The first-order valence-corrected chi connectivity index (χ1v) is 7.52. The molecular formula is C18H20N2O6. The molecule has 2 aromatic carbocycles. The molecule has 0 aromatic heterocycles. The van der Waals surface area contributed by atoms with Crippen LogP contribution in [0.3, 0.4) is 0 Å². The third-order valence-corrected chi connectivity index (χ3v) is 3.49. The van der Waals surface area contributed by atoms with Gasteiger partial charge in [0.25, 0.3) is 0 Å². The van der Waals surface area contributed by atoms with E-state index < -0.39 is 5.97 Å². The van der Waals surface area contributed by atoms with Crippen LogP contribution in [0.1, 0.15) is 15.9 Å². The second-order valence-electron chi connectivity index (χ2n) is 5.03. The second-order valence-corrected chi connectivity index (χ2v) is 5.03. The summed E-state index contributed by atoms with van der Waals surface area (Å²) in [4.78, 5) is 17.1. The third kappa shape index (κ3) is 4.35. The summed E-state index contributed by atoms with van der Waals surface area (Å²) >= 11 is 0. The molecule has 2 rings (SSSR count). The van der Waals surface area contributed by atoms with Crippen molar-refractivity contribution < 1.29 is 28.6 Å². The highest BCUT2D eigenvalue weighted by Gasteiger charge is 2.13. The maximum absolute atomic E-state index is 12.2. The zero-order valence-electron chi connectivity index (χ0n) is 14.9. The summed E-state index contributed by atoms with van der Waals surface area (Å²) in [6, 6.07) is 9.62. The molecule has 8 heteroatoms. The van der Waals surface area contributed by atoms with Gasteiger partial charge in [-0.2, -0.15) is 0 Å². The Labute approximate surface area is 151 Å². The average molecular weight is 360 g/mol. The number of carbonyl (C=O) groups is 1. The van der Waals surface area contributed by atoms with Gasteiger partial charge in [-0.1, -0.05) is 5.16 Å². The van der Waals surface area contributed by atoms with Gasteiger partial charge < -0.3 is 29.5 Å². The zero-order valence-corrected chi connectivity index (χ0v) is 14.9. The fourth-order valence-electron chi connectivity index (χ4n) is 2.12. The molecule has 0 spiro atoms. The van der Waals surface area contributed by atoms with Crippen LogP contribution in [0.4, 0.5) is 0 Å². The summed E-state index contributed by atoms with van der Waals surface area (Å²) in [6.07, 6.45) is 0. The molecule has 8 nitrogen and oxygen atoms in total. The Kier molecular flexibility index (Phi) is 6.26. The van der Waals surface area contributed by atoms with Crippen LogP contribution < -0.4 is 24.7 Å². The van der Waals surface area contributed by atoms with E-state index in [1.54, 1.807) is 24.3 Å². The van der Waals surface area contributed by atoms with Crippen molar-refractivity contribution in [2.24, 2.45) is 10.9 Å². The fourth-order valence-corrected chi connectivity index (χ4v) is 2.12. The van der Waals surface area contributed by atoms with Gasteiger partial charge in [-0.25, -0.2) is 4.79 Å². The number of hydrogen-bond acceptors (Lipinski definition) is 7. The van der Waals surface area contributed by atoms with Gasteiger partial charge in [0.05, 0.1) is 34.0 Å². The Hall–Kier alpha value is -3.42. The Morgan fingerprint density at radius 2 is 1.42 bits per heavy atom. The number of amidine groups is 1. The van der Waals surface area contributed by atoms with Gasteiger partial charge in [-0.15, -0.1) is 0 Å². The van der Waals surface area contributed by atoms with E-state index in [1.807, 2.05) is 0 Å².